The van der Waals surface area contributed by atoms with Gasteiger partial charge in [0.2, 0.25) is 0 Å². The first-order chi connectivity index (χ1) is 24.1. The summed E-state index contributed by atoms with van der Waals surface area (Å²) in [5.74, 6) is 0. The van der Waals surface area contributed by atoms with Gasteiger partial charge in [-0.2, -0.15) is 0 Å². The number of rotatable bonds is 10. The molecule has 51 heavy (non-hydrogen) atoms. The molecule has 5 heteroatoms. The molecule has 0 saturated heterocycles. The molecule has 2 aromatic heterocycles. The summed E-state index contributed by atoms with van der Waals surface area (Å²) in [6.07, 6.45) is 9.49. The monoisotopic (exact) mass is 818 g/mol. The van der Waals surface area contributed by atoms with Gasteiger partial charge in [-0.15, -0.1) is 0 Å². The number of thiophene rings is 2. The number of hydrogen-bond donors (Lipinski definition) is 0. The van der Waals surface area contributed by atoms with Crippen LogP contribution in [-0.2, 0) is 48.9 Å². The smallest absolute Gasteiger partial charge is 1.00 e. The standard InChI is InChI=1S/2C23H21S.2ClH.Zr/c2*1-3-16-8-10-17(11-9-16)21-7-5-6-18-14-19(15-22(18)21)23-13-12-20(4-2)24-23;;;/h2*5-15H,3-4H2,1-2H3;2*1H;/q;;;;+2/p-2. The van der Waals surface area contributed by atoms with Crippen molar-refractivity contribution in [2.24, 2.45) is 0 Å². The van der Waals surface area contributed by atoms with E-state index < -0.39 is 23.2 Å². The topological polar surface area (TPSA) is 0 Å². The third-order valence-electron chi connectivity index (χ3n) is 10.4. The van der Waals surface area contributed by atoms with Gasteiger partial charge in [-0.25, -0.2) is 0 Å². The Morgan fingerprint density at radius 1 is 0.471 bits per heavy atom. The maximum atomic E-state index is 2.58. The Bertz CT molecular complexity index is 2040. The molecule has 2 unspecified atom stereocenters. The van der Waals surface area contributed by atoms with E-state index in [0.717, 1.165) is 25.7 Å². The fraction of sp³-hybridized carbons (Fsp3) is 0.217. The first-order valence-corrected chi connectivity index (χ1v) is 22.4. The summed E-state index contributed by atoms with van der Waals surface area (Å²) in [5.41, 5.74) is 17.3. The Morgan fingerprint density at radius 3 is 1.24 bits per heavy atom. The minimum Gasteiger partial charge on any atom is -1.00 e. The molecule has 0 aliphatic heterocycles. The van der Waals surface area contributed by atoms with Crippen LogP contribution in [0.15, 0.2) is 109 Å². The van der Waals surface area contributed by atoms with E-state index in [9.17, 15) is 0 Å². The van der Waals surface area contributed by atoms with Crippen LogP contribution in [0.2, 0.25) is 0 Å². The fourth-order valence-corrected chi connectivity index (χ4v) is 15.0. The van der Waals surface area contributed by atoms with Gasteiger partial charge in [0.05, 0.1) is 0 Å². The predicted octanol–water partition coefficient (Wildman–Crippen LogP) is 7.37. The zero-order valence-electron chi connectivity index (χ0n) is 29.6. The maximum absolute atomic E-state index is 2.58. The van der Waals surface area contributed by atoms with Crippen molar-refractivity contribution >= 4 is 46.0 Å². The largest absolute Gasteiger partial charge is 1.00 e. The molecule has 0 bridgehead atoms. The summed E-state index contributed by atoms with van der Waals surface area (Å²) in [4.78, 5) is 5.87. The van der Waals surface area contributed by atoms with Crippen LogP contribution in [0, 0.1) is 0 Å². The van der Waals surface area contributed by atoms with E-state index >= 15 is 0 Å². The van der Waals surface area contributed by atoms with Crippen LogP contribution >= 0.6 is 22.7 Å². The Morgan fingerprint density at radius 2 is 0.882 bits per heavy atom. The number of aryl methyl sites for hydroxylation is 4. The second kappa shape index (κ2) is 16.5. The Kier molecular flexibility index (Phi) is 12.3. The minimum atomic E-state index is -1.17. The van der Waals surface area contributed by atoms with Crippen molar-refractivity contribution in [1.82, 2.24) is 0 Å². The van der Waals surface area contributed by atoms with Crippen LogP contribution in [0.25, 0.3) is 45.6 Å². The summed E-state index contributed by atoms with van der Waals surface area (Å²) < 4.78 is 0.962. The summed E-state index contributed by atoms with van der Waals surface area (Å²) in [6.45, 7) is 9.04. The molecule has 4 aromatic carbocycles. The van der Waals surface area contributed by atoms with Crippen LogP contribution in [0.4, 0.5) is 0 Å². The molecule has 2 atom stereocenters. The number of fused-ring (bicyclic) bond motifs is 2. The van der Waals surface area contributed by atoms with Gasteiger partial charge in [-0.3, -0.25) is 0 Å². The van der Waals surface area contributed by atoms with Crippen molar-refractivity contribution in [3.05, 3.63) is 162 Å². The van der Waals surface area contributed by atoms with E-state index in [0.29, 0.717) is 7.25 Å². The number of allylic oxidation sites excluding steroid dienone is 2. The molecule has 0 N–H and O–H groups in total. The summed E-state index contributed by atoms with van der Waals surface area (Å²) in [7, 11) is 0. The van der Waals surface area contributed by atoms with Crippen molar-refractivity contribution < 1.29 is 48.0 Å². The average Bonchev–Trinajstić information content (AvgIpc) is 3.97. The summed E-state index contributed by atoms with van der Waals surface area (Å²) in [6, 6.07) is 42.3. The summed E-state index contributed by atoms with van der Waals surface area (Å²) in [5, 5.41) is 0. The van der Waals surface area contributed by atoms with E-state index in [1.807, 2.05) is 22.7 Å². The normalized spacial score (nSPS) is 15.6. The van der Waals surface area contributed by atoms with Gasteiger partial charge in [0.25, 0.3) is 0 Å². The van der Waals surface area contributed by atoms with Crippen molar-refractivity contribution in [2.45, 2.75) is 60.6 Å². The molecular weight excluding hydrogens is 779 g/mol. The molecule has 256 valence electrons. The second-order valence-electron chi connectivity index (χ2n) is 13.2. The average molecular weight is 821 g/mol. The first-order valence-electron chi connectivity index (χ1n) is 17.9. The predicted molar refractivity (Wildman–Crippen MR) is 211 cm³/mol. The first kappa shape index (κ1) is 38.0. The van der Waals surface area contributed by atoms with Gasteiger partial charge in [0.15, 0.2) is 0 Å². The molecule has 6 aromatic rings. The summed E-state index contributed by atoms with van der Waals surface area (Å²) >= 11 is 2.84. The quantitative estimate of drug-likeness (QED) is 0.136. The molecule has 2 heterocycles. The van der Waals surface area contributed by atoms with Crippen molar-refractivity contribution in [3.63, 3.8) is 0 Å². The van der Waals surface area contributed by atoms with Gasteiger partial charge in [-0.1, -0.05) is 0 Å². The zero-order valence-corrected chi connectivity index (χ0v) is 35.2. The molecule has 0 saturated carbocycles. The van der Waals surface area contributed by atoms with Crippen LogP contribution in [-0.4, -0.2) is 0 Å². The number of benzene rings is 4. The van der Waals surface area contributed by atoms with E-state index in [-0.39, 0.29) is 24.8 Å². The molecule has 0 fully saturated rings. The fourth-order valence-electron chi connectivity index (χ4n) is 7.55. The number of hydrogen-bond acceptors (Lipinski definition) is 2. The minimum absolute atomic E-state index is 0. The molecule has 0 nitrogen and oxygen atoms in total. The van der Waals surface area contributed by atoms with Gasteiger partial charge < -0.3 is 24.8 Å². The molecule has 2 aliphatic rings. The van der Waals surface area contributed by atoms with E-state index in [1.165, 1.54) is 64.0 Å². The van der Waals surface area contributed by atoms with Crippen molar-refractivity contribution in [2.75, 3.05) is 0 Å². The maximum Gasteiger partial charge on any atom is -1.00 e. The van der Waals surface area contributed by atoms with Gasteiger partial charge >= 0.3 is 314 Å². The molecule has 8 rings (SSSR count). The van der Waals surface area contributed by atoms with Crippen LogP contribution < -0.4 is 24.8 Å². The Balaban J connectivity index is 0.00000224. The second-order valence-corrected chi connectivity index (χ2v) is 19.2. The van der Waals surface area contributed by atoms with Crippen molar-refractivity contribution in [3.8, 4) is 22.3 Å². The Labute approximate surface area is 336 Å². The molecule has 0 amide bonds. The SMILES string of the molecule is CCc1ccc(-c2cccc3c2C=C(c2ccc(CC)s2)[CH]3[Zr+2][CH]2C(c3ccc(CC)s3)=Cc3c(-c4ccc(CC)cc4)cccc32)cc1.[Cl-].[Cl-]. The molecule has 2 aliphatic carbocycles. The zero-order chi connectivity index (χ0) is 33.5. The third kappa shape index (κ3) is 7.27. The van der Waals surface area contributed by atoms with Gasteiger partial charge in [0.1, 0.15) is 0 Å². The van der Waals surface area contributed by atoms with Gasteiger partial charge in [0, 0.05) is 0 Å². The van der Waals surface area contributed by atoms with Crippen LogP contribution in [0.5, 0.6) is 0 Å². The molecular formula is C46H42Cl2S2Zr. The van der Waals surface area contributed by atoms with Gasteiger partial charge in [-0.05, 0) is 0 Å². The third-order valence-corrected chi connectivity index (χ3v) is 17.6. The molecule has 0 radical (unpaired) electrons. The number of halogens is 2. The molecule has 0 spiro atoms. The van der Waals surface area contributed by atoms with E-state index in [2.05, 4.69) is 149 Å². The Hall–Kier alpha value is -2.78. The van der Waals surface area contributed by atoms with Crippen LogP contribution in [0.3, 0.4) is 0 Å². The van der Waals surface area contributed by atoms with E-state index in [4.69, 9.17) is 0 Å². The van der Waals surface area contributed by atoms with Crippen LogP contribution in [0.1, 0.15) is 87.8 Å². The van der Waals surface area contributed by atoms with Crippen molar-refractivity contribution in [1.29, 1.82) is 0 Å². The van der Waals surface area contributed by atoms with E-state index in [1.54, 1.807) is 22.3 Å².